The summed E-state index contributed by atoms with van der Waals surface area (Å²) in [6.45, 7) is 0. The van der Waals surface area contributed by atoms with Gasteiger partial charge in [-0.3, -0.25) is 4.55 Å². The van der Waals surface area contributed by atoms with Crippen molar-refractivity contribution in [2.45, 2.75) is 0 Å². The second kappa shape index (κ2) is 6.29. The summed E-state index contributed by atoms with van der Waals surface area (Å²) >= 11 is 0. The van der Waals surface area contributed by atoms with Crippen molar-refractivity contribution in [3.8, 4) is 0 Å². The van der Waals surface area contributed by atoms with Gasteiger partial charge in [-0.2, -0.15) is 8.42 Å². The largest absolute Gasteiger partial charge is 0.286 e. The number of rotatable bonds is 5. The molecule has 100 valence electrons. The van der Waals surface area contributed by atoms with Gasteiger partial charge < -0.3 is 0 Å². The molecule has 0 aliphatic rings. The lowest BCUT2D eigenvalue weighted by Gasteiger charge is -2.17. The van der Waals surface area contributed by atoms with E-state index in [1.54, 1.807) is 0 Å². The van der Waals surface area contributed by atoms with Crippen LogP contribution in [0.15, 0.2) is 60.7 Å². The molecule has 0 amide bonds. The highest BCUT2D eigenvalue weighted by Crippen LogP contribution is 2.33. The Morgan fingerprint density at radius 1 is 0.842 bits per heavy atom. The molecule has 2 rings (SSSR count). The van der Waals surface area contributed by atoms with E-state index in [-0.39, 0.29) is 5.75 Å². The van der Waals surface area contributed by atoms with E-state index in [1.165, 1.54) is 0 Å². The molecule has 5 heteroatoms. The van der Waals surface area contributed by atoms with Crippen molar-refractivity contribution in [2.24, 2.45) is 0 Å². The molecule has 0 unspecified atom stereocenters. The summed E-state index contributed by atoms with van der Waals surface area (Å²) in [5.41, 5.74) is 0. The summed E-state index contributed by atoms with van der Waals surface area (Å²) in [6, 6.07) is 19.7. The second-order valence-corrected chi connectivity index (χ2v) is 8.02. The van der Waals surface area contributed by atoms with E-state index in [0.29, 0.717) is 6.16 Å². The number of benzene rings is 2. The van der Waals surface area contributed by atoms with E-state index in [9.17, 15) is 8.42 Å². The zero-order valence-electron chi connectivity index (χ0n) is 10.3. The van der Waals surface area contributed by atoms with Gasteiger partial charge in [-0.15, -0.1) is 0 Å². The van der Waals surface area contributed by atoms with Crippen LogP contribution in [0.25, 0.3) is 0 Å². The first kappa shape index (κ1) is 14.2. The molecule has 19 heavy (non-hydrogen) atoms. The lowest BCUT2D eigenvalue weighted by Crippen LogP contribution is -2.18. The molecule has 0 spiro atoms. The van der Waals surface area contributed by atoms with E-state index in [0.717, 1.165) is 10.6 Å². The number of hydrogen-bond acceptors (Lipinski definition) is 2. The summed E-state index contributed by atoms with van der Waals surface area (Å²) in [6.07, 6.45) is 0.433. The molecule has 1 N–H and O–H groups in total. The molecule has 0 fully saturated rings. The predicted molar refractivity (Wildman–Crippen MR) is 80.4 cm³/mol. The van der Waals surface area contributed by atoms with E-state index < -0.39 is 18.0 Å². The maximum absolute atomic E-state index is 11.0. The molecular weight excluding hydrogens is 279 g/mol. The normalized spacial score (nSPS) is 11.7. The Balaban J connectivity index is 2.29. The molecule has 0 saturated heterocycles. The molecule has 0 heterocycles. The van der Waals surface area contributed by atoms with E-state index in [1.807, 2.05) is 60.7 Å². The predicted octanol–water partition coefficient (Wildman–Crippen LogP) is 2.01. The zero-order chi connectivity index (χ0) is 13.7. The van der Waals surface area contributed by atoms with Crippen molar-refractivity contribution < 1.29 is 13.0 Å². The summed E-state index contributed by atoms with van der Waals surface area (Å²) < 4.78 is 30.9. The third-order valence-electron chi connectivity index (χ3n) is 2.71. The Hall–Kier alpha value is -1.22. The average molecular weight is 294 g/mol. The van der Waals surface area contributed by atoms with E-state index >= 15 is 0 Å². The number of hydrogen-bond donors (Lipinski definition) is 1. The fraction of sp³-hybridized carbons (Fsp3) is 0.143. The van der Waals surface area contributed by atoms with Gasteiger partial charge in [0.15, 0.2) is 0 Å². The summed E-state index contributed by atoms with van der Waals surface area (Å²) in [5.74, 6) is -0.206. The fourth-order valence-electron chi connectivity index (χ4n) is 1.83. The Labute approximate surface area is 114 Å². The topological polar surface area (TPSA) is 54.4 Å². The first-order valence-electron chi connectivity index (χ1n) is 5.89. The summed E-state index contributed by atoms with van der Waals surface area (Å²) in [5, 5.41) is 2.24. The van der Waals surface area contributed by atoms with Crippen LogP contribution in [0.3, 0.4) is 0 Å². The van der Waals surface area contributed by atoms with Gasteiger partial charge in [0.1, 0.15) is 0 Å². The maximum atomic E-state index is 11.0. The highest BCUT2D eigenvalue weighted by Gasteiger charge is 2.16. The minimum atomic E-state index is -3.92. The second-order valence-electron chi connectivity index (χ2n) is 4.11. The molecule has 0 aliphatic heterocycles. The van der Waals surface area contributed by atoms with E-state index in [4.69, 9.17) is 4.55 Å². The van der Waals surface area contributed by atoms with Crippen molar-refractivity contribution in [3.05, 3.63) is 60.7 Å². The van der Waals surface area contributed by atoms with Crippen LogP contribution in [0.1, 0.15) is 0 Å². The molecule has 0 bridgehead atoms. The minimum Gasteiger partial charge on any atom is -0.286 e. The standard InChI is InChI=1S/C14H15O3PS/c15-19(16,17)12-11-18(13-7-3-1-4-8-13)14-9-5-2-6-10-14/h1-10H,11-12H2,(H,15,16,17). The zero-order valence-corrected chi connectivity index (χ0v) is 12.0. The SMILES string of the molecule is O=S(=O)(O)CCP(c1ccccc1)c1ccccc1. The Morgan fingerprint density at radius 2 is 1.26 bits per heavy atom. The molecule has 0 aromatic heterocycles. The van der Waals surface area contributed by atoms with Gasteiger partial charge in [-0.05, 0) is 24.7 Å². The van der Waals surface area contributed by atoms with Gasteiger partial charge >= 0.3 is 0 Å². The van der Waals surface area contributed by atoms with Gasteiger partial charge in [-0.1, -0.05) is 60.7 Å². The van der Waals surface area contributed by atoms with Crippen LogP contribution >= 0.6 is 7.92 Å². The van der Waals surface area contributed by atoms with Crippen LogP contribution in [-0.4, -0.2) is 24.9 Å². The quantitative estimate of drug-likeness (QED) is 0.678. The lowest BCUT2D eigenvalue weighted by atomic mass is 10.4. The monoisotopic (exact) mass is 294 g/mol. The Bertz CT molecular complexity index is 572. The lowest BCUT2D eigenvalue weighted by molar-refractivity contribution is 0.485. The van der Waals surface area contributed by atoms with Crippen LogP contribution < -0.4 is 10.6 Å². The smallest absolute Gasteiger partial charge is 0.265 e. The molecule has 3 nitrogen and oxygen atoms in total. The molecular formula is C14H15O3PS. The Morgan fingerprint density at radius 3 is 1.63 bits per heavy atom. The summed E-state index contributed by atoms with van der Waals surface area (Å²) in [7, 11) is -4.67. The Kier molecular flexibility index (Phi) is 4.70. The molecule has 0 radical (unpaired) electrons. The van der Waals surface area contributed by atoms with Gasteiger partial charge in [-0.25, -0.2) is 0 Å². The first-order valence-corrected chi connectivity index (χ1v) is 9.03. The van der Waals surface area contributed by atoms with Crippen LogP contribution in [0.2, 0.25) is 0 Å². The minimum absolute atomic E-state index is 0.206. The highest BCUT2D eigenvalue weighted by molar-refractivity contribution is 7.86. The van der Waals surface area contributed by atoms with Gasteiger partial charge in [0, 0.05) is 0 Å². The van der Waals surface area contributed by atoms with Crippen LogP contribution in [-0.2, 0) is 10.1 Å². The molecule has 2 aromatic rings. The molecule has 0 atom stereocenters. The van der Waals surface area contributed by atoms with Gasteiger partial charge in [0.05, 0.1) is 5.75 Å². The maximum Gasteiger partial charge on any atom is 0.265 e. The fourth-order valence-corrected chi connectivity index (χ4v) is 5.36. The summed E-state index contributed by atoms with van der Waals surface area (Å²) in [4.78, 5) is 0. The van der Waals surface area contributed by atoms with Crippen molar-refractivity contribution >= 4 is 28.6 Å². The molecule has 2 aromatic carbocycles. The third kappa shape index (κ3) is 4.43. The van der Waals surface area contributed by atoms with Crippen molar-refractivity contribution in [1.82, 2.24) is 0 Å². The van der Waals surface area contributed by atoms with Crippen LogP contribution in [0, 0.1) is 0 Å². The van der Waals surface area contributed by atoms with Gasteiger partial charge in [0.25, 0.3) is 10.1 Å². The van der Waals surface area contributed by atoms with Crippen LogP contribution in [0.4, 0.5) is 0 Å². The van der Waals surface area contributed by atoms with Gasteiger partial charge in [0.2, 0.25) is 0 Å². The third-order valence-corrected chi connectivity index (χ3v) is 6.24. The highest BCUT2D eigenvalue weighted by atomic mass is 32.2. The van der Waals surface area contributed by atoms with Crippen molar-refractivity contribution in [1.29, 1.82) is 0 Å². The molecule has 0 saturated carbocycles. The molecule has 0 aliphatic carbocycles. The van der Waals surface area contributed by atoms with Crippen LogP contribution in [0.5, 0.6) is 0 Å². The average Bonchev–Trinajstić information content (AvgIpc) is 2.40. The first-order chi connectivity index (χ1) is 9.06. The van der Waals surface area contributed by atoms with E-state index in [2.05, 4.69) is 0 Å². The van der Waals surface area contributed by atoms with Crippen molar-refractivity contribution in [3.63, 3.8) is 0 Å². The van der Waals surface area contributed by atoms with Crippen molar-refractivity contribution in [2.75, 3.05) is 11.9 Å².